The Balaban J connectivity index is 1.63. The highest BCUT2D eigenvalue weighted by atomic mass is 19.3. The number of aromatic amines is 1. The molecule has 1 fully saturated rings. The summed E-state index contributed by atoms with van der Waals surface area (Å²) in [5.41, 5.74) is 1.08. The second-order valence-electron chi connectivity index (χ2n) is 6.56. The molecular formula is C16H19F2N7O. The van der Waals surface area contributed by atoms with Crippen LogP contribution >= 0.6 is 0 Å². The molecular weight excluding hydrogens is 344 g/mol. The quantitative estimate of drug-likeness (QED) is 0.726. The fourth-order valence-electron chi connectivity index (χ4n) is 3.41. The van der Waals surface area contributed by atoms with Gasteiger partial charge in [-0.1, -0.05) is 5.21 Å². The highest BCUT2D eigenvalue weighted by Gasteiger charge is 2.27. The van der Waals surface area contributed by atoms with E-state index in [4.69, 9.17) is 0 Å². The van der Waals surface area contributed by atoms with Gasteiger partial charge in [-0.25, -0.2) is 13.5 Å². The van der Waals surface area contributed by atoms with Crippen LogP contribution in [0.25, 0.3) is 17.1 Å². The molecule has 0 aliphatic heterocycles. The van der Waals surface area contributed by atoms with Gasteiger partial charge in [0.2, 0.25) is 0 Å². The van der Waals surface area contributed by atoms with Gasteiger partial charge < -0.3 is 5.11 Å². The second-order valence-corrected chi connectivity index (χ2v) is 6.56. The molecule has 0 spiro atoms. The normalized spacial score (nSPS) is 20.8. The summed E-state index contributed by atoms with van der Waals surface area (Å²) in [5.74, 6) is 0.295. The van der Waals surface area contributed by atoms with Crippen molar-refractivity contribution >= 4 is 0 Å². The van der Waals surface area contributed by atoms with Crippen molar-refractivity contribution in [2.24, 2.45) is 5.92 Å². The summed E-state index contributed by atoms with van der Waals surface area (Å²) in [7, 11) is 0. The van der Waals surface area contributed by atoms with E-state index in [1.165, 1.54) is 4.68 Å². The Kier molecular flexibility index (Phi) is 4.49. The van der Waals surface area contributed by atoms with Crippen molar-refractivity contribution in [3.63, 3.8) is 0 Å². The topological polar surface area (TPSA) is 97.4 Å². The number of rotatable bonds is 5. The maximum absolute atomic E-state index is 13.5. The third-order valence-electron chi connectivity index (χ3n) is 4.91. The summed E-state index contributed by atoms with van der Waals surface area (Å²) in [5, 5.41) is 28.0. The number of aromatic nitrogens is 7. The number of alkyl halides is 2. The first kappa shape index (κ1) is 16.8. The minimum atomic E-state index is -2.71. The standard InChI is InChI=1S/C16H19F2N7O/c17-16(18)15-14(25-7-13(21-23-25)12-5-6-19-20-12)8-24(22-15)11-3-1-10(9-26)2-4-11/h5-8,10-11,16,26H,1-4,9H2,(H,19,20). The first-order valence-corrected chi connectivity index (χ1v) is 8.56. The van der Waals surface area contributed by atoms with Crippen LogP contribution in [-0.2, 0) is 0 Å². The number of hydrogen-bond donors (Lipinski definition) is 2. The lowest BCUT2D eigenvalue weighted by molar-refractivity contribution is 0.141. The SMILES string of the molecule is OCC1CCC(n2cc(-n3cc(-c4ccn[nH]4)nn3)c(C(F)F)n2)CC1. The zero-order valence-electron chi connectivity index (χ0n) is 14.0. The van der Waals surface area contributed by atoms with Crippen LogP contribution in [-0.4, -0.2) is 46.7 Å². The van der Waals surface area contributed by atoms with Gasteiger partial charge >= 0.3 is 0 Å². The van der Waals surface area contributed by atoms with E-state index in [0.717, 1.165) is 25.7 Å². The van der Waals surface area contributed by atoms with E-state index in [2.05, 4.69) is 25.6 Å². The second kappa shape index (κ2) is 6.94. The number of nitrogens with zero attached hydrogens (tertiary/aromatic N) is 6. The first-order valence-electron chi connectivity index (χ1n) is 8.56. The molecule has 138 valence electrons. The Hall–Kier alpha value is -2.62. The molecule has 0 bridgehead atoms. The molecule has 10 heteroatoms. The minimum Gasteiger partial charge on any atom is -0.396 e. The predicted molar refractivity (Wildman–Crippen MR) is 87.8 cm³/mol. The molecule has 0 saturated heterocycles. The third kappa shape index (κ3) is 3.12. The number of H-pyrrole nitrogens is 1. The van der Waals surface area contributed by atoms with Crippen molar-refractivity contribution in [1.82, 2.24) is 35.0 Å². The molecule has 3 heterocycles. The molecule has 0 aromatic carbocycles. The van der Waals surface area contributed by atoms with Crippen molar-refractivity contribution in [2.45, 2.75) is 38.2 Å². The molecule has 1 saturated carbocycles. The monoisotopic (exact) mass is 363 g/mol. The van der Waals surface area contributed by atoms with Crippen LogP contribution in [0.5, 0.6) is 0 Å². The lowest BCUT2D eigenvalue weighted by Crippen LogP contribution is -2.20. The lowest BCUT2D eigenvalue weighted by Gasteiger charge is -2.27. The molecule has 3 aromatic rings. The predicted octanol–water partition coefficient (Wildman–Crippen LogP) is 2.52. The summed E-state index contributed by atoms with van der Waals surface area (Å²) in [6.45, 7) is 0.175. The summed E-state index contributed by atoms with van der Waals surface area (Å²) >= 11 is 0. The van der Waals surface area contributed by atoms with Crippen LogP contribution in [0, 0.1) is 5.92 Å². The van der Waals surface area contributed by atoms with Gasteiger partial charge in [0.25, 0.3) is 6.43 Å². The van der Waals surface area contributed by atoms with Crippen molar-refractivity contribution in [3.8, 4) is 17.1 Å². The summed E-state index contributed by atoms with van der Waals surface area (Å²) in [4.78, 5) is 0. The first-order chi connectivity index (χ1) is 12.7. The van der Waals surface area contributed by atoms with Gasteiger partial charge in [-0.05, 0) is 37.7 Å². The average molecular weight is 363 g/mol. The molecule has 0 radical (unpaired) electrons. The molecule has 0 amide bonds. The average Bonchev–Trinajstić information content (AvgIpc) is 3.40. The number of hydrogen-bond acceptors (Lipinski definition) is 5. The van der Waals surface area contributed by atoms with Crippen molar-refractivity contribution < 1.29 is 13.9 Å². The van der Waals surface area contributed by atoms with E-state index >= 15 is 0 Å². The Morgan fingerprint density at radius 1 is 1.23 bits per heavy atom. The zero-order valence-corrected chi connectivity index (χ0v) is 14.0. The zero-order chi connectivity index (χ0) is 18.1. The molecule has 1 aliphatic rings. The van der Waals surface area contributed by atoms with Crippen LogP contribution in [0.1, 0.15) is 43.8 Å². The van der Waals surface area contributed by atoms with Crippen molar-refractivity contribution in [2.75, 3.05) is 6.61 Å². The van der Waals surface area contributed by atoms with Crippen LogP contribution < -0.4 is 0 Å². The number of aliphatic hydroxyl groups excluding tert-OH is 1. The van der Waals surface area contributed by atoms with Gasteiger partial charge in [-0.3, -0.25) is 9.78 Å². The molecule has 0 atom stereocenters. The Labute approximate surface area is 147 Å². The number of halogens is 2. The molecule has 2 N–H and O–H groups in total. The maximum atomic E-state index is 13.5. The molecule has 26 heavy (non-hydrogen) atoms. The minimum absolute atomic E-state index is 0.0552. The van der Waals surface area contributed by atoms with E-state index in [9.17, 15) is 13.9 Å². The van der Waals surface area contributed by atoms with Gasteiger partial charge in [0, 0.05) is 12.8 Å². The maximum Gasteiger partial charge on any atom is 0.284 e. The fourth-order valence-corrected chi connectivity index (χ4v) is 3.41. The van der Waals surface area contributed by atoms with Crippen molar-refractivity contribution in [1.29, 1.82) is 0 Å². The third-order valence-corrected chi connectivity index (χ3v) is 4.91. The van der Waals surface area contributed by atoms with Gasteiger partial charge in [-0.15, -0.1) is 5.10 Å². The van der Waals surface area contributed by atoms with E-state index in [1.807, 2.05) is 0 Å². The van der Waals surface area contributed by atoms with Crippen LogP contribution in [0.2, 0.25) is 0 Å². The highest BCUT2D eigenvalue weighted by Crippen LogP contribution is 2.34. The van der Waals surface area contributed by atoms with Gasteiger partial charge in [0.15, 0.2) is 5.69 Å². The van der Waals surface area contributed by atoms with E-state index in [-0.39, 0.29) is 24.0 Å². The highest BCUT2D eigenvalue weighted by molar-refractivity contribution is 5.52. The molecule has 8 nitrogen and oxygen atoms in total. The molecule has 4 rings (SSSR count). The molecule has 0 unspecified atom stereocenters. The molecule has 1 aliphatic carbocycles. The smallest absolute Gasteiger partial charge is 0.284 e. The Morgan fingerprint density at radius 2 is 2.04 bits per heavy atom. The Bertz CT molecular complexity index is 850. The number of aliphatic hydroxyl groups is 1. The summed E-state index contributed by atoms with van der Waals surface area (Å²) < 4.78 is 29.9. The fraction of sp³-hybridized carbons (Fsp3) is 0.500. The van der Waals surface area contributed by atoms with E-state index in [0.29, 0.717) is 17.3 Å². The van der Waals surface area contributed by atoms with Gasteiger partial charge in [0.1, 0.15) is 11.4 Å². The van der Waals surface area contributed by atoms with Gasteiger partial charge in [0.05, 0.1) is 24.1 Å². The van der Waals surface area contributed by atoms with Gasteiger partial charge in [-0.2, -0.15) is 10.2 Å². The largest absolute Gasteiger partial charge is 0.396 e. The van der Waals surface area contributed by atoms with E-state index < -0.39 is 6.43 Å². The van der Waals surface area contributed by atoms with Crippen LogP contribution in [0.15, 0.2) is 24.7 Å². The summed E-state index contributed by atoms with van der Waals surface area (Å²) in [6.07, 6.45) is 5.42. The van der Waals surface area contributed by atoms with Crippen molar-refractivity contribution in [3.05, 3.63) is 30.4 Å². The Morgan fingerprint density at radius 3 is 2.69 bits per heavy atom. The van der Waals surface area contributed by atoms with Crippen LogP contribution in [0.4, 0.5) is 8.78 Å². The number of nitrogens with one attached hydrogen (secondary N) is 1. The van der Waals surface area contributed by atoms with E-state index in [1.54, 1.807) is 29.3 Å². The van der Waals surface area contributed by atoms with Crippen LogP contribution in [0.3, 0.4) is 0 Å². The lowest BCUT2D eigenvalue weighted by atomic mass is 9.87. The molecule has 3 aromatic heterocycles. The summed E-state index contributed by atoms with van der Waals surface area (Å²) in [6, 6.07) is 1.78.